The lowest BCUT2D eigenvalue weighted by molar-refractivity contribution is -0.132. The molecule has 0 saturated carbocycles. The number of nitrogens with zero attached hydrogens (tertiary/aromatic N) is 1. The van der Waals surface area contributed by atoms with Crippen LogP contribution in [0.15, 0.2) is 0 Å². The van der Waals surface area contributed by atoms with E-state index in [1.165, 1.54) is 0 Å². The molecule has 17 heavy (non-hydrogen) atoms. The van der Waals surface area contributed by atoms with Crippen LogP contribution in [-0.4, -0.2) is 30.9 Å². The summed E-state index contributed by atoms with van der Waals surface area (Å²) in [7, 11) is 1.89. The SMILES string of the molecule is CC(C)CC(CN)CC(=O)N(C)CC(C)(C)C. The number of hydrogen-bond acceptors (Lipinski definition) is 2. The summed E-state index contributed by atoms with van der Waals surface area (Å²) in [6.45, 7) is 12.2. The van der Waals surface area contributed by atoms with Gasteiger partial charge in [-0.25, -0.2) is 0 Å². The standard InChI is InChI=1S/C14H30N2O/c1-11(2)7-12(9-15)8-13(17)16(6)10-14(3,4)5/h11-12H,7-10,15H2,1-6H3. The maximum absolute atomic E-state index is 12.0. The average molecular weight is 242 g/mol. The normalized spacial score (nSPS) is 13.9. The molecule has 3 nitrogen and oxygen atoms in total. The van der Waals surface area contributed by atoms with E-state index in [4.69, 9.17) is 5.73 Å². The van der Waals surface area contributed by atoms with Gasteiger partial charge in [0.1, 0.15) is 0 Å². The molecule has 102 valence electrons. The van der Waals surface area contributed by atoms with Crippen molar-refractivity contribution < 1.29 is 4.79 Å². The first kappa shape index (κ1) is 16.4. The van der Waals surface area contributed by atoms with Gasteiger partial charge in [0, 0.05) is 20.0 Å². The van der Waals surface area contributed by atoms with E-state index in [0.29, 0.717) is 24.8 Å². The summed E-state index contributed by atoms with van der Waals surface area (Å²) in [5, 5.41) is 0. The second-order valence-electron chi connectivity index (χ2n) is 6.75. The minimum Gasteiger partial charge on any atom is -0.345 e. The van der Waals surface area contributed by atoms with E-state index in [1.54, 1.807) is 0 Å². The molecule has 2 N–H and O–H groups in total. The third-order valence-corrected chi connectivity index (χ3v) is 2.74. The number of hydrogen-bond donors (Lipinski definition) is 1. The molecule has 0 fully saturated rings. The first-order valence-corrected chi connectivity index (χ1v) is 6.59. The fourth-order valence-electron chi connectivity index (χ4n) is 2.13. The van der Waals surface area contributed by atoms with Crippen LogP contribution in [0.4, 0.5) is 0 Å². The lowest BCUT2D eigenvalue weighted by Gasteiger charge is -2.28. The van der Waals surface area contributed by atoms with Crippen molar-refractivity contribution in [1.82, 2.24) is 4.90 Å². The minimum atomic E-state index is 0.153. The van der Waals surface area contributed by atoms with E-state index in [0.717, 1.165) is 13.0 Å². The molecule has 3 heteroatoms. The molecule has 0 aliphatic heterocycles. The molecule has 1 unspecified atom stereocenters. The average Bonchev–Trinajstić information content (AvgIpc) is 2.13. The van der Waals surface area contributed by atoms with Crippen LogP contribution in [0.1, 0.15) is 47.5 Å². The third kappa shape index (κ3) is 8.19. The van der Waals surface area contributed by atoms with E-state index < -0.39 is 0 Å². The number of carbonyl (C=O) groups excluding carboxylic acids is 1. The lowest BCUT2D eigenvalue weighted by Crippen LogP contribution is -2.36. The molecule has 0 spiro atoms. The summed E-state index contributed by atoms with van der Waals surface area (Å²) in [5.41, 5.74) is 5.88. The highest BCUT2D eigenvalue weighted by molar-refractivity contribution is 5.76. The van der Waals surface area contributed by atoms with Crippen LogP contribution in [0.2, 0.25) is 0 Å². The molecule has 0 saturated heterocycles. The van der Waals surface area contributed by atoms with Gasteiger partial charge >= 0.3 is 0 Å². The highest BCUT2D eigenvalue weighted by Crippen LogP contribution is 2.18. The van der Waals surface area contributed by atoms with Gasteiger partial charge in [-0.15, -0.1) is 0 Å². The van der Waals surface area contributed by atoms with Gasteiger partial charge in [-0.3, -0.25) is 4.79 Å². The second-order valence-corrected chi connectivity index (χ2v) is 6.75. The predicted molar refractivity (Wildman–Crippen MR) is 73.7 cm³/mol. The van der Waals surface area contributed by atoms with Crippen LogP contribution < -0.4 is 5.73 Å². The Bertz CT molecular complexity index is 231. The number of nitrogens with two attached hydrogens (primary N) is 1. The molecule has 0 aromatic rings. The van der Waals surface area contributed by atoms with Gasteiger partial charge < -0.3 is 10.6 Å². The van der Waals surface area contributed by atoms with Gasteiger partial charge in [-0.05, 0) is 30.2 Å². The predicted octanol–water partition coefficient (Wildman–Crippen LogP) is 2.50. The first-order valence-electron chi connectivity index (χ1n) is 6.59. The quantitative estimate of drug-likeness (QED) is 0.778. The summed E-state index contributed by atoms with van der Waals surface area (Å²) in [4.78, 5) is 13.9. The molecule has 0 heterocycles. The molecule has 0 aliphatic carbocycles. The Morgan fingerprint density at radius 2 is 1.82 bits per heavy atom. The zero-order valence-corrected chi connectivity index (χ0v) is 12.4. The van der Waals surface area contributed by atoms with Crippen LogP contribution >= 0.6 is 0 Å². The summed E-state index contributed by atoms with van der Waals surface area (Å²) >= 11 is 0. The Kier molecular flexibility index (Phi) is 6.76. The summed E-state index contributed by atoms with van der Waals surface area (Å²) in [6, 6.07) is 0. The minimum absolute atomic E-state index is 0.153. The van der Waals surface area contributed by atoms with Gasteiger partial charge in [0.2, 0.25) is 5.91 Å². The van der Waals surface area contributed by atoms with E-state index in [1.807, 2.05) is 11.9 Å². The molecular formula is C14H30N2O. The van der Waals surface area contributed by atoms with E-state index >= 15 is 0 Å². The van der Waals surface area contributed by atoms with Crippen molar-refractivity contribution in [1.29, 1.82) is 0 Å². The fraction of sp³-hybridized carbons (Fsp3) is 0.929. The molecule has 0 aliphatic rings. The highest BCUT2D eigenvalue weighted by atomic mass is 16.2. The lowest BCUT2D eigenvalue weighted by atomic mass is 9.92. The van der Waals surface area contributed by atoms with Gasteiger partial charge in [-0.2, -0.15) is 0 Å². The van der Waals surface area contributed by atoms with Crippen molar-refractivity contribution in [3.05, 3.63) is 0 Å². The zero-order valence-electron chi connectivity index (χ0n) is 12.4. The van der Waals surface area contributed by atoms with Crippen LogP contribution in [0.25, 0.3) is 0 Å². The van der Waals surface area contributed by atoms with E-state index in [-0.39, 0.29) is 11.3 Å². The van der Waals surface area contributed by atoms with Crippen molar-refractivity contribution in [2.45, 2.75) is 47.5 Å². The molecule has 0 aromatic carbocycles. The Labute approximate surface area is 107 Å². The number of carbonyl (C=O) groups is 1. The zero-order chi connectivity index (χ0) is 13.6. The summed E-state index contributed by atoms with van der Waals surface area (Å²) < 4.78 is 0. The maximum atomic E-state index is 12.0. The van der Waals surface area contributed by atoms with Crippen molar-refractivity contribution >= 4 is 5.91 Å². The topological polar surface area (TPSA) is 46.3 Å². The monoisotopic (exact) mass is 242 g/mol. The fourth-order valence-corrected chi connectivity index (χ4v) is 2.13. The van der Waals surface area contributed by atoms with Crippen LogP contribution in [0.3, 0.4) is 0 Å². The van der Waals surface area contributed by atoms with E-state index in [9.17, 15) is 4.79 Å². The number of amides is 1. The van der Waals surface area contributed by atoms with Crippen LogP contribution in [-0.2, 0) is 4.79 Å². The second kappa shape index (κ2) is 7.00. The number of rotatable bonds is 6. The first-order chi connectivity index (χ1) is 7.65. The molecule has 0 bridgehead atoms. The van der Waals surface area contributed by atoms with Crippen molar-refractivity contribution in [3.63, 3.8) is 0 Å². The summed E-state index contributed by atoms with van der Waals surface area (Å²) in [5.74, 6) is 1.14. The highest BCUT2D eigenvalue weighted by Gasteiger charge is 2.20. The van der Waals surface area contributed by atoms with Crippen LogP contribution in [0.5, 0.6) is 0 Å². The van der Waals surface area contributed by atoms with Gasteiger partial charge in [0.05, 0.1) is 0 Å². The largest absolute Gasteiger partial charge is 0.345 e. The van der Waals surface area contributed by atoms with Gasteiger partial charge in [0.25, 0.3) is 0 Å². The van der Waals surface area contributed by atoms with Crippen molar-refractivity contribution in [2.24, 2.45) is 23.0 Å². The molecule has 1 amide bonds. The Morgan fingerprint density at radius 3 is 2.18 bits per heavy atom. The molecule has 1 atom stereocenters. The third-order valence-electron chi connectivity index (χ3n) is 2.74. The Balaban J connectivity index is 4.22. The van der Waals surface area contributed by atoms with Crippen molar-refractivity contribution in [3.8, 4) is 0 Å². The maximum Gasteiger partial charge on any atom is 0.222 e. The smallest absolute Gasteiger partial charge is 0.222 e. The van der Waals surface area contributed by atoms with E-state index in [2.05, 4.69) is 34.6 Å². The molecular weight excluding hydrogens is 212 g/mol. The molecule has 0 aromatic heterocycles. The summed E-state index contributed by atoms with van der Waals surface area (Å²) in [6.07, 6.45) is 1.62. The molecule has 0 radical (unpaired) electrons. The molecule has 0 rings (SSSR count). The van der Waals surface area contributed by atoms with Gasteiger partial charge in [0.15, 0.2) is 0 Å². The van der Waals surface area contributed by atoms with Gasteiger partial charge in [-0.1, -0.05) is 34.6 Å². The van der Waals surface area contributed by atoms with Crippen LogP contribution in [0, 0.1) is 17.3 Å². The Morgan fingerprint density at radius 1 is 1.29 bits per heavy atom. The Hall–Kier alpha value is -0.570. The van der Waals surface area contributed by atoms with Crippen molar-refractivity contribution in [2.75, 3.05) is 20.1 Å².